The summed E-state index contributed by atoms with van der Waals surface area (Å²) in [5.41, 5.74) is -2.87. The molecule has 0 aromatic heterocycles. The van der Waals surface area contributed by atoms with Gasteiger partial charge in [-0.05, 0) is 55.2 Å². The van der Waals surface area contributed by atoms with Crippen LogP contribution < -0.4 is 4.90 Å². The zero-order valence-electron chi connectivity index (χ0n) is 22.8. The number of carbonyl (C=O) groups excluding carboxylic acids is 1. The first kappa shape index (κ1) is 34.2. The molecule has 236 valence electrons. The number of nitrogens with zero attached hydrogens (tertiary/aromatic N) is 3. The summed E-state index contributed by atoms with van der Waals surface area (Å²) in [6.45, 7) is 0.985. The normalized spacial score (nSPS) is 22.6. The Balaban J connectivity index is 0.00000484. The van der Waals surface area contributed by atoms with Crippen molar-refractivity contribution >= 4 is 34.7 Å². The van der Waals surface area contributed by atoms with Crippen LogP contribution in [0.5, 0.6) is 0 Å². The van der Waals surface area contributed by atoms with Crippen molar-refractivity contribution in [2.24, 2.45) is 0 Å². The number of rotatable bonds is 4. The number of piperidine rings is 1. The van der Waals surface area contributed by atoms with E-state index in [4.69, 9.17) is 0 Å². The summed E-state index contributed by atoms with van der Waals surface area (Å²) in [4.78, 5) is 17.8. The van der Waals surface area contributed by atoms with Crippen molar-refractivity contribution in [3.05, 3.63) is 65.0 Å². The van der Waals surface area contributed by atoms with E-state index in [-0.39, 0.29) is 30.4 Å². The predicted octanol–water partition coefficient (Wildman–Crippen LogP) is 7.54. The second kappa shape index (κ2) is 12.8. The van der Waals surface area contributed by atoms with Crippen molar-refractivity contribution in [3.63, 3.8) is 0 Å². The summed E-state index contributed by atoms with van der Waals surface area (Å²) in [5.74, 6) is -0.219. The molecule has 2 aromatic carbocycles. The molecule has 42 heavy (non-hydrogen) atoms. The molecule has 2 N–H and O–H groups in total. The molecule has 0 saturated carbocycles. The van der Waals surface area contributed by atoms with E-state index in [0.29, 0.717) is 56.0 Å². The van der Waals surface area contributed by atoms with Gasteiger partial charge in [-0.2, -0.15) is 36.9 Å². The van der Waals surface area contributed by atoms with Crippen LogP contribution in [0.1, 0.15) is 41.9 Å². The van der Waals surface area contributed by atoms with Gasteiger partial charge in [0, 0.05) is 62.4 Å². The van der Waals surface area contributed by atoms with Crippen LogP contribution in [0.25, 0.3) is 0 Å². The van der Waals surface area contributed by atoms with E-state index >= 15 is 0 Å². The number of urea groups is 1. The number of anilines is 1. The molecule has 2 aromatic rings. The van der Waals surface area contributed by atoms with E-state index in [1.807, 2.05) is 0 Å². The molecule has 2 amide bonds. The first-order valence-electron chi connectivity index (χ1n) is 13.0. The van der Waals surface area contributed by atoms with Gasteiger partial charge in [-0.15, -0.1) is 12.4 Å². The van der Waals surface area contributed by atoms with Crippen LogP contribution in [-0.4, -0.2) is 75.7 Å². The van der Waals surface area contributed by atoms with E-state index < -0.39 is 57.6 Å². The average molecular weight is 648 g/mol. The number of alkyl halides is 6. The minimum absolute atomic E-state index is 0. The fraction of sp³-hybridized carbons (Fsp3) is 0.519. The quantitative estimate of drug-likeness (QED) is 0.337. The Hall–Kier alpha value is -2.26. The Bertz CT molecular complexity index is 1200. The topological polar surface area (TPSA) is 67.3 Å². The largest absolute Gasteiger partial charge is 0.416 e. The molecule has 6 nitrogen and oxygen atoms in total. The van der Waals surface area contributed by atoms with Crippen molar-refractivity contribution in [3.8, 4) is 0 Å². The summed E-state index contributed by atoms with van der Waals surface area (Å²) in [6.07, 6.45) is -8.52. The zero-order valence-corrected chi connectivity index (χ0v) is 24.5. The van der Waals surface area contributed by atoms with Crippen LogP contribution in [0, 0.1) is 5.82 Å². The Morgan fingerprint density at radius 1 is 0.905 bits per heavy atom. The van der Waals surface area contributed by atoms with Gasteiger partial charge in [0.25, 0.3) is 0 Å². The first-order valence-corrected chi connectivity index (χ1v) is 14.9. The van der Waals surface area contributed by atoms with Crippen LogP contribution in [-0.2, 0) is 12.4 Å². The number of hydrogen-bond acceptors (Lipinski definition) is 4. The maximum atomic E-state index is 13.7. The van der Waals surface area contributed by atoms with Gasteiger partial charge in [0.15, 0.2) is 0 Å². The van der Waals surface area contributed by atoms with Crippen LogP contribution in [0.4, 0.5) is 41.2 Å². The molecule has 0 aliphatic carbocycles. The molecule has 0 unspecified atom stereocenters. The molecular weight excluding hydrogens is 615 g/mol. The third kappa shape index (κ3) is 7.81. The van der Waals surface area contributed by atoms with Crippen molar-refractivity contribution in [2.75, 3.05) is 43.6 Å². The Morgan fingerprint density at radius 2 is 1.43 bits per heavy atom. The fourth-order valence-electron chi connectivity index (χ4n) is 5.68. The van der Waals surface area contributed by atoms with Gasteiger partial charge < -0.3 is 4.90 Å². The van der Waals surface area contributed by atoms with Crippen molar-refractivity contribution in [1.82, 2.24) is 9.80 Å². The van der Waals surface area contributed by atoms with Gasteiger partial charge in [0.1, 0.15) is 5.82 Å². The number of likely N-dealkylation sites (N-methyl/N-ethyl adjacent to an activating group) is 1. The molecule has 2 saturated heterocycles. The highest BCUT2D eigenvalue weighted by molar-refractivity contribution is 8.24. The number of likely N-dealkylation sites (tertiary alicyclic amines) is 1. The first-order chi connectivity index (χ1) is 19.0. The van der Waals surface area contributed by atoms with E-state index in [1.54, 1.807) is 12.1 Å². The van der Waals surface area contributed by atoms with Gasteiger partial charge in [-0.1, -0.05) is 12.1 Å². The number of benzene rings is 2. The summed E-state index contributed by atoms with van der Waals surface area (Å²) < 4.78 is 114. The fourth-order valence-corrected chi connectivity index (χ4v) is 7.18. The van der Waals surface area contributed by atoms with Crippen molar-refractivity contribution < 1.29 is 44.6 Å². The smallest absolute Gasteiger partial charge is 0.324 e. The second-order valence-corrected chi connectivity index (χ2v) is 13.1. The van der Waals surface area contributed by atoms with Crippen molar-refractivity contribution in [1.29, 1.82) is 0 Å². The maximum Gasteiger partial charge on any atom is 0.416 e. The maximum absolute atomic E-state index is 13.7. The number of halogens is 8. The Labute approximate surface area is 247 Å². The van der Waals surface area contributed by atoms with Crippen LogP contribution >= 0.6 is 23.0 Å². The van der Waals surface area contributed by atoms with E-state index in [9.17, 15) is 44.6 Å². The second-order valence-electron chi connectivity index (χ2n) is 10.7. The summed E-state index contributed by atoms with van der Waals surface area (Å²) in [6, 6.07) is 5.58. The molecule has 0 spiro atoms. The Kier molecular flexibility index (Phi) is 10.4. The number of amides is 2. The number of carbonyl (C=O) groups is 1. The standard InChI is InChI=1S/C27H32F7N3O3S.ClH/c1-35(22-14-18(26(29,30)31)13-19(15-22)27(32,33)34)25(38)36(2)24-7-10-37(21-8-11-41(39,40)12-9-21)16-23(24)17-3-5-20(28)6-4-17;/h3-6,13-15,21,23-24,39-40H,7-12,16H2,1-2H3;1H/t23-,24+;/m0./s1. The third-order valence-electron chi connectivity index (χ3n) is 8.02. The highest BCUT2D eigenvalue weighted by atomic mass is 35.5. The minimum atomic E-state index is -5.06. The van der Waals surface area contributed by atoms with Gasteiger partial charge in [-0.25, -0.2) is 9.18 Å². The molecule has 0 radical (unpaired) electrons. The lowest BCUT2D eigenvalue weighted by Crippen LogP contribution is -2.55. The third-order valence-corrected chi connectivity index (χ3v) is 9.80. The summed E-state index contributed by atoms with van der Waals surface area (Å²) >= 11 is 0. The van der Waals surface area contributed by atoms with Gasteiger partial charge in [0.2, 0.25) is 0 Å². The number of hydrogen-bond donors (Lipinski definition) is 2. The average Bonchev–Trinajstić information content (AvgIpc) is 2.90. The van der Waals surface area contributed by atoms with E-state index in [2.05, 4.69) is 4.90 Å². The minimum Gasteiger partial charge on any atom is -0.324 e. The highest BCUT2D eigenvalue weighted by Gasteiger charge is 2.41. The van der Waals surface area contributed by atoms with Crippen LogP contribution in [0.15, 0.2) is 42.5 Å². The molecule has 4 rings (SSSR count). The molecule has 0 bridgehead atoms. The molecule has 2 fully saturated rings. The monoisotopic (exact) mass is 647 g/mol. The van der Waals surface area contributed by atoms with E-state index in [1.165, 1.54) is 24.1 Å². The van der Waals surface area contributed by atoms with Gasteiger partial charge >= 0.3 is 18.4 Å². The van der Waals surface area contributed by atoms with Gasteiger partial charge in [0.05, 0.1) is 11.1 Å². The van der Waals surface area contributed by atoms with Crippen molar-refractivity contribution in [2.45, 2.75) is 49.6 Å². The Morgan fingerprint density at radius 3 is 1.93 bits per heavy atom. The van der Waals surface area contributed by atoms with Gasteiger partial charge in [-0.3, -0.25) is 18.9 Å². The molecule has 15 heteroatoms. The lowest BCUT2D eigenvalue weighted by Gasteiger charge is -2.48. The lowest BCUT2D eigenvalue weighted by atomic mass is 9.84. The molecular formula is C27H33ClF7N3O3S. The molecule has 2 aliphatic heterocycles. The molecule has 2 atom stereocenters. The lowest BCUT2D eigenvalue weighted by molar-refractivity contribution is -0.143. The molecule has 2 aliphatic rings. The summed E-state index contributed by atoms with van der Waals surface area (Å²) in [7, 11) is -0.0183. The zero-order chi connectivity index (χ0) is 30.3. The van der Waals surface area contributed by atoms with Crippen LogP contribution in [0.3, 0.4) is 0 Å². The highest BCUT2D eigenvalue weighted by Crippen LogP contribution is 2.46. The summed E-state index contributed by atoms with van der Waals surface area (Å²) in [5, 5.41) is 0. The SMILES string of the molecule is CN(C(=O)N(C)[C@@H]1CCN(C2CCS(O)(O)CC2)C[C@H]1c1ccc(F)cc1)c1cc(C(F)(F)F)cc(C(F)(F)F)c1.Cl. The van der Waals surface area contributed by atoms with E-state index in [0.717, 1.165) is 17.5 Å². The predicted molar refractivity (Wildman–Crippen MR) is 150 cm³/mol. The van der Waals surface area contributed by atoms with Crippen LogP contribution in [0.2, 0.25) is 0 Å². The molecule has 2 heterocycles.